The molecule has 0 aromatic carbocycles. The Morgan fingerprint density at radius 3 is 2.53 bits per heavy atom. The highest BCUT2D eigenvalue weighted by atomic mass is 33.1. The SMILES string of the molecule is CC(C)(C)SSC(CN=[N+]=[N-])CC(N)C(=O)O[C@@H]1[C@@H](COP(=O)(O)O[C@H]2CC(n3ccc(N)nc3=O)O[C@@H]2COP(=O)(O)O)OC(n2cnc3c(N)ncnc32)[C@@H]1O. The van der Waals surface area contributed by atoms with Crippen LogP contribution in [0.3, 0.4) is 0 Å². The molecule has 30 heteroatoms. The van der Waals surface area contributed by atoms with Gasteiger partial charge in [-0.15, -0.1) is 0 Å². The number of anilines is 2. The molecule has 0 saturated carbocycles. The minimum Gasteiger partial charge on any atom is -0.455 e. The van der Waals surface area contributed by atoms with Gasteiger partial charge in [0.2, 0.25) is 0 Å². The highest BCUT2D eigenvalue weighted by Crippen LogP contribution is 2.50. The van der Waals surface area contributed by atoms with Crippen molar-refractivity contribution < 1.29 is 61.5 Å². The zero-order valence-corrected chi connectivity index (χ0v) is 34.3. The predicted molar refractivity (Wildman–Crippen MR) is 205 cm³/mol. The molecule has 2 aliphatic rings. The zero-order chi connectivity index (χ0) is 42.6. The fourth-order valence-corrected chi connectivity index (χ4v) is 9.52. The van der Waals surface area contributed by atoms with E-state index < -0.39 is 94.8 Å². The van der Waals surface area contributed by atoms with E-state index in [2.05, 4.69) is 34.5 Å². The third kappa shape index (κ3) is 12.1. The molecule has 0 spiro atoms. The first-order valence-corrected chi connectivity index (χ1v) is 22.3. The lowest BCUT2D eigenvalue weighted by atomic mass is 10.1. The van der Waals surface area contributed by atoms with E-state index in [1.54, 1.807) is 0 Å². The number of carbonyl (C=O) groups is 1. The number of imidazole rings is 1. The van der Waals surface area contributed by atoms with Crippen LogP contribution in [0.25, 0.3) is 21.6 Å². The topological polar surface area (TPSA) is 393 Å². The molecule has 5 heterocycles. The number of nitrogens with zero attached hydrogens (tertiary/aromatic N) is 9. The van der Waals surface area contributed by atoms with Crippen molar-refractivity contribution in [1.82, 2.24) is 29.1 Å². The Labute approximate surface area is 336 Å². The van der Waals surface area contributed by atoms with Crippen LogP contribution >= 0.6 is 37.2 Å². The molecular weight excluding hydrogens is 854 g/mol. The van der Waals surface area contributed by atoms with Crippen molar-refractivity contribution in [2.24, 2.45) is 10.8 Å². The number of ether oxygens (including phenoxy) is 3. The number of hydrogen-bond donors (Lipinski definition) is 7. The van der Waals surface area contributed by atoms with Gasteiger partial charge in [0, 0.05) is 34.1 Å². The number of azide groups is 1. The van der Waals surface area contributed by atoms with Crippen LogP contribution < -0.4 is 22.9 Å². The van der Waals surface area contributed by atoms with E-state index in [0.29, 0.717) is 0 Å². The molecule has 0 aliphatic carbocycles. The van der Waals surface area contributed by atoms with Gasteiger partial charge in [0.15, 0.2) is 23.8 Å². The molecule has 3 aromatic heterocycles. The van der Waals surface area contributed by atoms with E-state index in [-0.39, 0.29) is 46.9 Å². The fourth-order valence-electron chi connectivity index (χ4n) is 5.69. The van der Waals surface area contributed by atoms with E-state index in [1.165, 1.54) is 44.7 Å². The molecule has 0 radical (unpaired) electrons. The molecule has 58 heavy (non-hydrogen) atoms. The first kappa shape index (κ1) is 45.7. The first-order chi connectivity index (χ1) is 27.1. The monoisotopic (exact) mass is 896 g/mol. The molecule has 5 rings (SSSR count). The van der Waals surface area contributed by atoms with Crippen LogP contribution in [0.5, 0.6) is 0 Å². The van der Waals surface area contributed by atoms with E-state index in [9.17, 15) is 38.5 Å². The number of esters is 1. The second-order valence-electron chi connectivity index (χ2n) is 13.8. The molecule has 5 unspecified atom stereocenters. The molecule has 0 amide bonds. The summed E-state index contributed by atoms with van der Waals surface area (Å²) < 4.78 is 59.6. The molecule has 2 fully saturated rings. The lowest BCUT2D eigenvalue weighted by Crippen LogP contribution is -2.44. The maximum absolute atomic E-state index is 13.5. The summed E-state index contributed by atoms with van der Waals surface area (Å²) in [5.41, 5.74) is 26.0. The van der Waals surface area contributed by atoms with Gasteiger partial charge in [-0.2, -0.15) is 4.98 Å². The van der Waals surface area contributed by atoms with Gasteiger partial charge in [-0.05, 0) is 18.0 Å². The molecule has 2 aliphatic heterocycles. The van der Waals surface area contributed by atoms with Gasteiger partial charge in [-0.25, -0.2) is 28.9 Å². The van der Waals surface area contributed by atoms with Crippen LogP contribution in [0.1, 0.15) is 46.1 Å². The number of phosphoric acid groups is 2. The van der Waals surface area contributed by atoms with Crippen LogP contribution in [0.4, 0.5) is 11.6 Å². The number of aromatic nitrogens is 6. The summed E-state index contributed by atoms with van der Waals surface area (Å²) in [6.45, 7) is 4.23. The van der Waals surface area contributed by atoms with Crippen molar-refractivity contribution in [1.29, 1.82) is 0 Å². The molecule has 10 N–H and O–H groups in total. The van der Waals surface area contributed by atoms with Crippen molar-refractivity contribution in [3.8, 4) is 0 Å². The Hall–Kier alpha value is -3.43. The smallest absolute Gasteiger partial charge is 0.455 e. The number of phosphoric ester groups is 2. The van der Waals surface area contributed by atoms with Gasteiger partial charge in [0.05, 0.1) is 19.5 Å². The van der Waals surface area contributed by atoms with Crippen LogP contribution in [0.2, 0.25) is 0 Å². The standard InChI is InChI=1S/C28H42N12O14P2S2/c1-28(2,3)58-57-13(8-36-38-32)6-14(29)26(42)53-22-17(52-25(21(22)41)40-12-35-20-23(31)33-11-34-24(20)40)10-50-56(47,48)54-15-7-19(39-5-4-18(30)37-27(39)43)51-16(15)9-49-55(44,45)46/h4-5,11-17,19,21-22,25,41H,6-10,29H2,1-3H3,(H,47,48)(H2,30,37,43)(H2,31,33,34)(H2,44,45,46)/t13?,14?,15-,16+,17+,19?,21+,22+,25?/m0/s1. The average molecular weight is 897 g/mol. The quantitative estimate of drug-likeness (QED) is 0.0233. The zero-order valence-electron chi connectivity index (χ0n) is 30.9. The van der Waals surface area contributed by atoms with Gasteiger partial charge >= 0.3 is 27.3 Å². The van der Waals surface area contributed by atoms with E-state index >= 15 is 0 Å². The third-order valence-electron chi connectivity index (χ3n) is 8.24. The van der Waals surface area contributed by atoms with E-state index in [0.717, 1.165) is 10.9 Å². The Bertz CT molecular complexity index is 2130. The Morgan fingerprint density at radius 2 is 1.86 bits per heavy atom. The number of carbonyl (C=O) groups excluding carboxylic acids is 1. The first-order valence-electron chi connectivity index (χ1n) is 17.1. The van der Waals surface area contributed by atoms with Crippen molar-refractivity contribution >= 4 is 66.0 Å². The second-order valence-corrected chi connectivity index (χ2v) is 19.8. The van der Waals surface area contributed by atoms with Crippen molar-refractivity contribution in [2.45, 2.75) is 92.6 Å². The fraction of sp³-hybridized carbons (Fsp3) is 0.643. The third-order valence-corrected chi connectivity index (χ3v) is 13.6. The van der Waals surface area contributed by atoms with Crippen molar-refractivity contribution in [3.05, 3.63) is 45.8 Å². The highest BCUT2D eigenvalue weighted by Gasteiger charge is 2.50. The molecule has 320 valence electrons. The normalized spacial score (nSPS) is 25.9. The minimum absolute atomic E-state index is 0.00217. The van der Waals surface area contributed by atoms with Crippen LogP contribution in [-0.4, -0.2) is 121 Å². The maximum Gasteiger partial charge on any atom is 0.472 e. The van der Waals surface area contributed by atoms with Crippen LogP contribution in [0, 0.1) is 0 Å². The number of fused-ring (bicyclic) bond motifs is 1. The Morgan fingerprint density at radius 1 is 1.14 bits per heavy atom. The molecule has 26 nitrogen and oxygen atoms in total. The number of nitrogen functional groups attached to an aromatic ring is 2. The maximum atomic E-state index is 13.5. The number of aliphatic hydroxyl groups is 1. The van der Waals surface area contributed by atoms with Gasteiger partial charge in [0.25, 0.3) is 0 Å². The summed E-state index contributed by atoms with van der Waals surface area (Å²) in [6, 6.07) is -0.0130. The molecule has 0 bridgehead atoms. The summed E-state index contributed by atoms with van der Waals surface area (Å²) in [5.74, 6) is -1.08. The summed E-state index contributed by atoms with van der Waals surface area (Å²) in [7, 11) is -7.39. The van der Waals surface area contributed by atoms with E-state index in [1.807, 2.05) is 20.8 Å². The van der Waals surface area contributed by atoms with Crippen molar-refractivity contribution in [2.75, 3.05) is 31.2 Å². The Balaban J connectivity index is 1.34. The van der Waals surface area contributed by atoms with Crippen molar-refractivity contribution in [3.63, 3.8) is 0 Å². The number of hydrogen-bond acceptors (Lipinski definition) is 21. The summed E-state index contributed by atoms with van der Waals surface area (Å²) >= 11 is 0. The predicted octanol–water partition coefficient (Wildman–Crippen LogP) is 0.893. The summed E-state index contributed by atoms with van der Waals surface area (Å²) in [6.07, 6.45) is -6.99. The number of aliphatic hydroxyl groups excluding tert-OH is 1. The summed E-state index contributed by atoms with van der Waals surface area (Å²) in [4.78, 5) is 73.9. The van der Waals surface area contributed by atoms with Gasteiger partial charge in [-0.1, -0.05) is 47.5 Å². The van der Waals surface area contributed by atoms with Crippen LogP contribution in [-0.2, 0) is 41.7 Å². The second kappa shape index (κ2) is 18.9. The summed E-state index contributed by atoms with van der Waals surface area (Å²) in [5, 5.41) is 14.7. The lowest BCUT2D eigenvalue weighted by Gasteiger charge is -2.26. The molecule has 10 atom stereocenters. The largest absolute Gasteiger partial charge is 0.472 e. The molecule has 2 saturated heterocycles. The highest BCUT2D eigenvalue weighted by molar-refractivity contribution is 8.77. The van der Waals surface area contributed by atoms with Crippen LogP contribution in [0.15, 0.2) is 34.8 Å². The Kier molecular flexibility index (Phi) is 14.9. The number of nitrogens with two attached hydrogens (primary N) is 3. The average Bonchev–Trinajstić information content (AvgIpc) is 3.82. The van der Waals surface area contributed by atoms with Gasteiger partial charge < -0.3 is 51.2 Å². The van der Waals surface area contributed by atoms with E-state index in [4.69, 9.17) is 46.0 Å². The minimum atomic E-state index is -5.19. The lowest BCUT2D eigenvalue weighted by molar-refractivity contribution is -0.158. The molecular formula is C28H42N12O14P2S2. The van der Waals surface area contributed by atoms with Gasteiger partial charge in [-0.3, -0.25) is 27.5 Å². The van der Waals surface area contributed by atoms with Gasteiger partial charge in [0.1, 0.15) is 54.3 Å². The molecule has 3 aromatic rings. The number of rotatable bonds is 18.